The molecule has 1 heteroatoms. The number of hydrogen-bond donors (Lipinski definition) is 1. The number of rotatable bonds is 4. The first kappa shape index (κ1) is 10.0. The molecule has 0 aromatic heterocycles. The summed E-state index contributed by atoms with van der Waals surface area (Å²) >= 11 is 0. The number of hydrogen-bond acceptors (Lipinski definition) is 1. The van der Waals surface area contributed by atoms with Crippen molar-refractivity contribution in [3.05, 3.63) is 36.7 Å². The fourth-order valence-corrected chi connectivity index (χ4v) is 0.583. The smallest absolute Gasteiger partial charge is 0.00336 e. The SMILES string of the molecule is C=CN/C=C(C)\C=C/C(C)C. The highest BCUT2D eigenvalue weighted by Crippen LogP contribution is 1.98. The van der Waals surface area contributed by atoms with Gasteiger partial charge in [-0.2, -0.15) is 0 Å². The number of allylic oxidation sites excluding steroid dienone is 3. The van der Waals surface area contributed by atoms with E-state index in [1.165, 1.54) is 5.57 Å². The van der Waals surface area contributed by atoms with Crippen LogP contribution in [0.1, 0.15) is 20.8 Å². The summed E-state index contributed by atoms with van der Waals surface area (Å²) in [5.74, 6) is 0.613. The first-order valence-electron chi connectivity index (χ1n) is 3.88. The Bertz CT molecular complexity index is 164. The molecule has 0 unspecified atom stereocenters. The van der Waals surface area contributed by atoms with E-state index < -0.39 is 0 Å². The van der Waals surface area contributed by atoms with Gasteiger partial charge in [-0.15, -0.1) is 0 Å². The van der Waals surface area contributed by atoms with E-state index in [-0.39, 0.29) is 0 Å². The Labute approximate surface area is 69.5 Å². The van der Waals surface area contributed by atoms with Crippen molar-refractivity contribution in [2.75, 3.05) is 0 Å². The molecule has 1 N–H and O–H groups in total. The summed E-state index contributed by atoms with van der Waals surface area (Å²) in [6.07, 6.45) is 7.84. The number of nitrogens with one attached hydrogen (secondary N) is 1. The van der Waals surface area contributed by atoms with Gasteiger partial charge in [-0.1, -0.05) is 32.6 Å². The molecule has 0 bridgehead atoms. The van der Waals surface area contributed by atoms with E-state index >= 15 is 0 Å². The normalized spacial score (nSPS) is 12.5. The molecule has 0 spiro atoms. The van der Waals surface area contributed by atoms with E-state index in [4.69, 9.17) is 0 Å². The molecule has 0 radical (unpaired) electrons. The standard InChI is InChI=1S/C10H17N/c1-5-11-8-10(4)7-6-9(2)3/h5-9,11H,1H2,2-4H3/b7-6-,10-8-. The third-order valence-corrected chi connectivity index (χ3v) is 1.17. The van der Waals surface area contributed by atoms with Crippen molar-refractivity contribution in [1.29, 1.82) is 0 Å². The van der Waals surface area contributed by atoms with Crippen LogP contribution in [0.3, 0.4) is 0 Å². The lowest BCUT2D eigenvalue weighted by molar-refractivity contribution is 0.830. The lowest BCUT2D eigenvalue weighted by atomic mass is 10.2. The molecule has 0 atom stereocenters. The van der Waals surface area contributed by atoms with E-state index in [1.807, 2.05) is 6.20 Å². The minimum Gasteiger partial charge on any atom is -0.368 e. The highest BCUT2D eigenvalue weighted by molar-refractivity contribution is 5.15. The van der Waals surface area contributed by atoms with Gasteiger partial charge in [0, 0.05) is 6.20 Å². The maximum Gasteiger partial charge on any atom is 0.00336 e. The van der Waals surface area contributed by atoms with Gasteiger partial charge in [0.15, 0.2) is 0 Å². The van der Waals surface area contributed by atoms with Crippen LogP contribution in [0.15, 0.2) is 36.7 Å². The van der Waals surface area contributed by atoms with Gasteiger partial charge in [0.05, 0.1) is 0 Å². The first-order valence-corrected chi connectivity index (χ1v) is 3.88. The molecule has 0 heterocycles. The molecular formula is C10H17N. The first-order chi connectivity index (χ1) is 5.16. The van der Waals surface area contributed by atoms with E-state index in [0.29, 0.717) is 5.92 Å². The summed E-state index contributed by atoms with van der Waals surface area (Å²) in [6, 6.07) is 0. The molecule has 0 amide bonds. The molecule has 0 aliphatic rings. The van der Waals surface area contributed by atoms with Crippen molar-refractivity contribution in [2.24, 2.45) is 5.92 Å². The Kier molecular flexibility index (Phi) is 5.26. The summed E-state index contributed by atoms with van der Waals surface area (Å²) < 4.78 is 0. The van der Waals surface area contributed by atoms with Crippen LogP contribution in [0.5, 0.6) is 0 Å². The lowest BCUT2D eigenvalue weighted by Crippen LogP contribution is -1.91. The van der Waals surface area contributed by atoms with Crippen LogP contribution < -0.4 is 5.32 Å². The van der Waals surface area contributed by atoms with Crippen molar-refractivity contribution in [1.82, 2.24) is 5.32 Å². The zero-order valence-corrected chi connectivity index (χ0v) is 7.59. The van der Waals surface area contributed by atoms with Crippen LogP contribution in [0.4, 0.5) is 0 Å². The molecule has 0 fully saturated rings. The van der Waals surface area contributed by atoms with Gasteiger partial charge in [0.2, 0.25) is 0 Å². The van der Waals surface area contributed by atoms with Crippen LogP contribution in [-0.2, 0) is 0 Å². The summed E-state index contributed by atoms with van der Waals surface area (Å²) in [5, 5.41) is 2.92. The van der Waals surface area contributed by atoms with E-state index in [1.54, 1.807) is 6.20 Å². The van der Waals surface area contributed by atoms with E-state index in [9.17, 15) is 0 Å². The summed E-state index contributed by atoms with van der Waals surface area (Å²) in [4.78, 5) is 0. The highest BCUT2D eigenvalue weighted by Gasteiger charge is 1.83. The molecule has 0 aliphatic heterocycles. The second-order valence-corrected chi connectivity index (χ2v) is 2.86. The van der Waals surface area contributed by atoms with Gasteiger partial charge in [-0.25, -0.2) is 0 Å². The second kappa shape index (κ2) is 5.78. The largest absolute Gasteiger partial charge is 0.368 e. The molecule has 0 saturated heterocycles. The third-order valence-electron chi connectivity index (χ3n) is 1.17. The molecule has 1 nitrogen and oxygen atoms in total. The molecule has 0 aromatic carbocycles. The fraction of sp³-hybridized carbons (Fsp3) is 0.400. The third kappa shape index (κ3) is 6.91. The van der Waals surface area contributed by atoms with Crippen LogP contribution in [0.25, 0.3) is 0 Å². The molecule has 0 rings (SSSR count). The molecule has 0 aromatic rings. The van der Waals surface area contributed by atoms with Crippen molar-refractivity contribution in [2.45, 2.75) is 20.8 Å². The van der Waals surface area contributed by atoms with Gasteiger partial charge < -0.3 is 5.32 Å². The van der Waals surface area contributed by atoms with Crippen molar-refractivity contribution >= 4 is 0 Å². The Morgan fingerprint density at radius 1 is 1.45 bits per heavy atom. The zero-order chi connectivity index (χ0) is 8.69. The predicted molar refractivity (Wildman–Crippen MR) is 51.1 cm³/mol. The quantitative estimate of drug-likeness (QED) is 0.609. The van der Waals surface area contributed by atoms with Crippen molar-refractivity contribution < 1.29 is 0 Å². The van der Waals surface area contributed by atoms with E-state index in [2.05, 4.69) is 44.8 Å². The van der Waals surface area contributed by atoms with Gasteiger partial charge in [-0.05, 0) is 24.6 Å². The summed E-state index contributed by atoms with van der Waals surface area (Å²) in [7, 11) is 0. The lowest BCUT2D eigenvalue weighted by Gasteiger charge is -1.95. The maximum absolute atomic E-state index is 3.55. The highest BCUT2D eigenvalue weighted by atomic mass is 14.8. The zero-order valence-electron chi connectivity index (χ0n) is 7.59. The monoisotopic (exact) mass is 151 g/mol. The molecule has 0 aliphatic carbocycles. The van der Waals surface area contributed by atoms with Gasteiger partial charge >= 0.3 is 0 Å². The summed E-state index contributed by atoms with van der Waals surface area (Å²) in [6.45, 7) is 9.91. The van der Waals surface area contributed by atoms with Gasteiger partial charge in [-0.3, -0.25) is 0 Å². The van der Waals surface area contributed by atoms with Gasteiger partial charge in [0.25, 0.3) is 0 Å². The Hall–Kier alpha value is -0.980. The molecular weight excluding hydrogens is 134 g/mol. The molecule has 0 saturated carbocycles. The Morgan fingerprint density at radius 2 is 2.09 bits per heavy atom. The predicted octanol–water partition coefficient (Wildman–Crippen LogP) is 2.84. The second-order valence-electron chi connectivity index (χ2n) is 2.86. The average molecular weight is 151 g/mol. The average Bonchev–Trinajstić information content (AvgIpc) is 1.97. The van der Waals surface area contributed by atoms with Crippen LogP contribution >= 0.6 is 0 Å². The van der Waals surface area contributed by atoms with E-state index in [0.717, 1.165) is 0 Å². The summed E-state index contributed by atoms with van der Waals surface area (Å²) in [5.41, 5.74) is 1.21. The van der Waals surface area contributed by atoms with Crippen LogP contribution in [0, 0.1) is 5.92 Å². The molecule has 62 valence electrons. The minimum atomic E-state index is 0.613. The van der Waals surface area contributed by atoms with Crippen LogP contribution in [0.2, 0.25) is 0 Å². The van der Waals surface area contributed by atoms with Crippen LogP contribution in [-0.4, -0.2) is 0 Å². The van der Waals surface area contributed by atoms with Crippen molar-refractivity contribution in [3.63, 3.8) is 0 Å². The molecule has 11 heavy (non-hydrogen) atoms. The Morgan fingerprint density at radius 3 is 2.55 bits per heavy atom. The minimum absolute atomic E-state index is 0.613. The topological polar surface area (TPSA) is 12.0 Å². The fourth-order valence-electron chi connectivity index (χ4n) is 0.583. The van der Waals surface area contributed by atoms with Crippen molar-refractivity contribution in [3.8, 4) is 0 Å². The Balaban J connectivity index is 3.84. The maximum atomic E-state index is 3.55. The van der Waals surface area contributed by atoms with Gasteiger partial charge in [0.1, 0.15) is 0 Å².